The predicted molar refractivity (Wildman–Crippen MR) is 108 cm³/mol. The first kappa shape index (κ1) is 21.4. The Kier molecular flexibility index (Phi) is 10.6. The standard InChI is InChI=1S/C20H34N4O3/c1-2-21-20(23-12-8-15-26-17-18-9-7-16-27-18)22-11-4-6-14-24-13-5-3-10-19(24)25/h3,5,10,13,18H,2,4,6-9,11-12,14-17H2,1H3,(H2,21,22,23). The molecule has 0 spiro atoms. The number of ether oxygens (including phenoxy) is 2. The van der Waals surface area contributed by atoms with Crippen LogP contribution >= 0.6 is 0 Å². The maximum absolute atomic E-state index is 11.6. The Morgan fingerprint density at radius 3 is 3.04 bits per heavy atom. The lowest BCUT2D eigenvalue weighted by Gasteiger charge is -2.12. The molecule has 7 nitrogen and oxygen atoms in total. The molecule has 1 saturated heterocycles. The maximum Gasteiger partial charge on any atom is 0.250 e. The Balaban J connectivity index is 1.54. The molecule has 2 rings (SSSR count). The van der Waals surface area contributed by atoms with E-state index in [2.05, 4.69) is 22.5 Å². The summed E-state index contributed by atoms with van der Waals surface area (Å²) in [5.74, 6) is 0.841. The summed E-state index contributed by atoms with van der Waals surface area (Å²) in [6.45, 7) is 7.50. The van der Waals surface area contributed by atoms with Gasteiger partial charge in [-0.15, -0.1) is 0 Å². The summed E-state index contributed by atoms with van der Waals surface area (Å²) in [7, 11) is 0. The first-order chi connectivity index (χ1) is 13.3. The molecule has 152 valence electrons. The summed E-state index contributed by atoms with van der Waals surface area (Å²) in [5, 5.41) is 6.61. The van der Waals surface area contributed by atoms with Crippen molar-refractivity contribution in [1.82, 2.24) is 15.2 Å². The molecule has 0 aliphatic carbocycles. The summed E-state index contributed by atoms with van der Waals surface area (Å²) < 4.78 is 12.9. The number of aryl methyl sites for hydroxylation is 1. The van der Waals surface area contributed by atoms with E-state index in [0.29, 0.717) is 19.3 Å². The van der Waals surface area contributed by atoms with E-state index in [0.717, 1.165) is 70.8 Å². The maximum atomic E-state index is 11.6. The number of aliphatic imine (C=N–C) groups is 1. The molecule has 0 saturated carbocycles. The number of hydrogen-bond donors (Lipinski definition) is 2. The number of aromatic nitrogens is 1. The number of unbranched alkanes of at least 4 members (excludes halogenated alkanes) is 1. The van der Waals surface area contributed by atoms with Crippen LogP contribution in [-0.2, 0) is 16.0 Å². The van der Waals surface area contributed by atoms with E-state index in [9.17, 15) is 4.79 Å². The Labute approximate surface area is 162 Å². The van der Waals surface area contributed by atoms with E-state index in [1.54, 1.807) is 16.7 Å². The molecule has 1 atom stereocenters. The monoisotopic (exact) mass is 378 g/mol. The fourth-order valence-corrected chi connectivity index (χ4v) is 2.95. The van der Waals surface area contributed by atoms with Gasteiger partial charge in [-0.25, -0.2) is 0 Å². The van der Waals surface area contributed by atoms with Gasteiger partial charge in [0.05, 0.1) is 12.7 Å². The van der Waals surface area contributed by atoms with Crippen molar-refractivity contribution in [3.8, 4) is 0 Å². The quantitative estimate of drug-likeness (QED) is 0.329. The van der Waals surface area contributed by atoms with Crippen LogP contribution in [0.25, 0.3) is 0 Å². The zero-order chi connectivity index (χ0) is 19.2. The minimum absolute atomic E-state index is 0.0575. The zero-order valence-electron chi connectivity index (χ0n) is 16.5. The zero-order valence-corrected chi connectivity index (χ0v) is 16.5. The van der Waals surface area contributed by atoms with Crippen molar-refractivity contribution < 1.29 is 9.47 Å². The van der Waals surface area contributed by atoms with Crippen molar-refractivity contribution in [3.63, 3.8) is 0 Å². The van der Waals surface area contributed by atoms with Crippen molar-refractivity contribution >= 4 is 5.96 Å². The lowest BCUT2D eigenvalue weighted by molar-refractivity contribution is 0.0171. The lowest BCUT2D eigenvalue weighted by Crippen LogP contribution is -2.38. The predicted octanol–water partition coefficient (Wildman–Crippen LogP) is 1.77. The number of pyridine rings is 1. The Morgan fingerprint density at radius 1 is 1.33 bits per heavy atom. The smallest absolute Gasteiger partial charge is 0.250 e. The van der Waals surface area contributed by atoms with E-state index in [1.807, 2.05) is 12.3 Å². The van der Waals surface area contributed by atoms with E-state index >= 15 is 0 Å². The van der Waals surface area contributed by atoms with Gasteiger partial charge in [0.25, 0.3) is 0 Å². The molecule has 0 aromatic carbocycles. The third-order valence-electron chi connectivity index (χ3n) is 4.41. The number of rotatable bonds is 12. The van der Waals surface area contributed by atoms with Crippen LogP contribution in [0.3, 0.4) is 0 Å². The van der Waals surface area contributed by atoms with Crippen LogP contribution in [0.5, 0.6) is 0 Å². The van der Waals surface area contributed by atoms with Crippen molar-refractivity contribution in [3.05, 3.63) is 34.7 Å². The molecule has 0 bridgehead atoms. The first-order valence-electron chi connectivity index (χ1n) is 10.2. The third-order valence-corrected chi connectivity index (χ3v) is 4.41. The van der Waals surface area contributed by atoms with Crippen LogP contribution in [-0.4, -0.2) is 56.1 Å². The van der Waals surface area contributed by atoms with Gasteiger partial charge in [0.15, 0.2) is 5.96 Å². The molecule has 2 N–H and O–H groups in total. The van der Waals surface area contributed by atoms with Gasteiger partial charge >= 0.3 is 0 Å². The summed E-state index contributed by atoms with van der Waals surface area (Å²) in [5.41, 5.74) is 0.0575. The topological polar surface area (TPSA) is 76.9 Å². The summed E-state index contributed by atoms with van der Waals surface area (Å²) in [4.78, 5) is 16.2. The van der Waals surface area contributed by atoms with Gasteiger partial charge in [-0.2, -0.15) is 0 Å². The lowest BCUT2D eigenvalue weighted by atomic mass is 10.2. The van der Waals surface area contributed by atoms with Gasteiger partial charge in [0.2, 0.25) is 5.56 Å². The van der Waals surface area contributed by atoms with Gasteiger partial charge in [0, 0.05) is 51.7 Å². The van der Waals surface area contributed by atoms with Crippen molar-refractivity contribution in [2.45, 2.75) is 51.7 Å². The normalized spacial score (nSPS) is 17.2. The number of guanidine groups is 1. The van der Waals surface area contributed by atoms with Gasteiger partial charge < -0.3 is 24.7 Å². The highest BCUT2D eigenvalue weighted by atomic mass is 16.5. The molecule has 1 unspecified atom stereocenters. The van der Waals surface area contributed by atoms with Crippen LogP contribution in [0.4, 0.5) is 0 Å². The molecule has 27 heavy (non-hydrogen) atoms. The van der Waals surface area contributed by atoms with E-state index in [1.165, 1.54) is 0 Å². The molecule has 2 heterocycles. The minimum Gasteiger partial charge on any atom is -0.379 e. The molecule has 1 aromatic heterocycles. The molecular formula is C20H34N4O3. The molecule has 1 fully saturated rings. The number of hydrogen-bond acceptors (Lipinski definition) is 4. The second kappa shape index (κ2) is 13.3. The van der Waals surface area contributed by atoms with Crippen LogP contribution < -0.4 is 16.2 Å². The average Bonchev–Trinajstić information content (AvgIpc) is 3.19. The second-order valence-corrected chi connectivity index (χ2v) is 6.69. The highest BCUT2D eigenvalue weighted by molar-refractivity contribution is 5.79. The van der Waals surface area contributed by atoms with E-state index in [4.69, 9.17) is 9.47 Å². The SMILES string of the molecule is CCNC(=NCCCOCC1CCCO1)NCCCCn1ccccc1=O. The van der Waals surface area contributed by atoms with Crippen LogP contribution in [0.2, 0.25) is 0 Å². The molecule has 1 aliphatic rings. The van der Waals surface area contributed by atoms with Crippen molar-refractivity contribution in [2.75, 3.05) is 39.5 Å². The Bertz CT molecular complexity index is 597. The molecule has 7 heteroatoms. The minimum atomic E-state index is 0.0575. The summed E-state index contributed by atoms with van der Waals surface area (Å²) >= 11 is 0. The molecule has 1 aliphatic heterocycles. The van der Waals surface area contributed by atoms with E-state index in [-0.39, 0.29) is 5.56 Å². The van der Waals surface area contributed by atoms with Crippen LogP contribution in [0, 0.1) is 0 Å². The third kappa shape index (κ3) is 9.06. The van der Waals surface area contributed by atoms with Crippen LogP contribution in [0.15, 0.2) is 34.2 Å². The van der Waals surface area contributed by atoms with Gasteiger partial charge in [0.1, 0.15) is 0 Å². The van der Waals surface area contributed by atoms with Gasteiger partial charge in [-0.3, -0.25) is 9.79 Å². The van der Waals surface area contributed by atoms with Gasteiger partial charge in [-0.05, 0) is 45.1 Å². The second-order valence-electron chi connectivity index (χ2n) is 6.69. The summed E-state index contributed by atoms with van der Waals surface area (Å²) in [6, 6.07) is 5.26. The fourth-order valence-electron chi connectivity index (χ4n) is 2.95. The number of nitrogens with zero attached hydrogens (tertiary/aromatic N) is 2. The average molecular weight is 379 g/mol. The Morgan fingerprint density at radius 2 is 2.26 bits per heavy atom. The van der Waals surface area contributed by atoms with Crippen LogP contribution in [0.1, 0.15) is 39.0 Å². The Hall–Kier alpha value is -1.86. The molecule has 0 amide bonds. The molecule has 1 aromatic rings. The molecule has 0 radical (unpaired) electrons. The molecular weight excluding hydrogens is 344 g/mol. The van der Waals surface area contributed by atoms with Crippen molar-refractivity contribution in [1.29, 1.82) is 0 Å². The highest BCUT2D eigenvalue weighted by Crippen LogP contribution is 2.11. The first-order valence-corrected chi connectivity index (χ1v) is 10.2. The summed E-state index contributed by atoms with van der Waals surface area (Å²) in [6.07, 6.45) is 7.23. The highest BCUT2D eigenvalue weighted by Gasteiger charge is 2.14. The number of nitrogens with one attached hydrogen (secondary N) is 2. The van der Waals surface area contributed by atoms with E-state index < -0.39 is 0 Å². The van der Waals surface area contributed by atoms with Gasteiger partial charge in [-0.1, -0.05) is 6.07 Å². The fraction of sp³-hybridized carbons (Fsp3) is 0.700. The van der Waals surface area contributed by atoms with Crippen molar-refractivity contribution in [2.24, 2.45) is 4.99 Å². The largest absolute Gasteiger partial charge is 0.379 e.